The fraction of sp³-hybridized carbons (Fsp3) is 0.583. The molecule has 0 aromatic carbocycles. The van der Waals surface area contributed by atoms with E-state index in [0.29, 0.717) is 5.88 Å². The molecule has 0 spiro atoms. The van der Waals surface area contributed by atoms with Crippen LogP contribution in [0.25, 0.3) is 0 Å². The molecule has 2 rings (SSSR count). The lowest BCUT2D eigenvalue weighted by Crippen LogP contribution is -2.41. The van der Waals surface area contributed by atoms with Crippen LogP contribution in [-0.2, 0) is 6.54 Å². The quantitative estimate of drug-likeness (QED) is 0.837. The molecular weight excluding hydrogens is 202 g/mol. The maximum absolute atomic E-state index is 5.02. The molecule has 1 fully saturated rings. The lowest BCUT2D eigenvalue weighted by molar-refractivity contribution is 0.151. The van der Waals surface area contributed by atoms with Crippen molar-refractivity contribution in [2.45, 2.75) is 25.8 Å². The molecular formula is C12H19N3O. The highest BCUT2D eigenvalue weighted by Gasteiger charge is 2.08. The Kier molecular flexibility index (Phi) is 4.13. The fourth-order valence-corrected chi connectivity index (χ4v) is 1.89. The highest BCUT2D eigenvalue weighted by Crippen LogP contribution is 2.08. The molecule has 0 saturated carbocycles. The Morgan fingerprint density at radius 1 is 1.31 bits per heavy atom. The van der Waals surface area contributed by atoms with Crippen molar-refractivity contribution in [3.63, 3.8) is 0 Å². The van der Waals surface area contributed by atoms with E-state index >= 15 is 0 Å². The van der Waals surface area contributed by atoms with Crippen LogP contribution in [0.1, 0.15) is 24.8 Å². The molecule has 1 aromatic rings. The van der Waals surface area contributed by atoms with Crippen molar-refractivity contribution in [1.82, 2.24) is 15.4 Å². The summed E-state index contributed by atoms with van der Waals surface area (Å²) in [7, 11) is 1.63. The van der Waals surface area contributed by atoms with Gasteiger partial charge in [0.05, 0.1) is 7.11 Å². The van der Waals surface area contributed by atoms with Crippen LogP contribution in [0.5, 0.6) is 5.88 Å². The smallest absolute Gasteiger partial charge is 0.212 e. The highest BCUT2D eigenvalue weighted by atomic mass is 16.5. The van der Waals surface area contributed by atoms with E-state index in [0.717, 1.165) is 19.6 Å². The second-order valence-electron chi connectivity index (χ2n) is 4.09. The summed E-state index contributed by atoms with van der Waals surface area (Å²) >= 11 is 0. The van der Waals surface area contributed by atoms with Crippen LogP contribution in [0.2, 0.25) is 0 Å². The van der Waals surface area contributed by atoms with Crippen molar-refractivity contribution in [1.29, 1.82) is 0 Å². The summed E-state index contributed by atoms with van der Waals surface area (Å²) in [6.45, 7) is 3.16. The first kappa shape index (κ1) is 11.4. The van der Waals surface area contributed by atoms with Crippen LogP contribution in [0.4, 0.5) is 0 Å². The third-order valence-corrected chi connectivity index (χ3v) is 2.87. The van der Waals surface area contributed by atoms with Crippen molar-refractivity contribution in [2.24, 2.45) is 0 Å². The SMILES string of the molecule is COc1ccc(CNN2CCCCC2)cn1. The van der Waals surface area contributed by atoms with E-state index in [2.05, 4.69) is 15.4 Å². The molecule has 2 heterocycles. The van der Waals surface area contributed by atoms with Crippen molar-refractivity contribution in [3.8, 4) is 5.88 Å². The van der Waals surface area contributed by atoms with Gasteiger partial charge in [0.2, 0.25) is 5.88 Å². The van der Waals surface area contributed by atoms with Crippen molar-refractivity contribution >= 4 is 0 Å². The summed E-state index contributed by atoms with van der Waals surface area (Å²) in [6, 6.07) is 3.94. The van der Waals surface area contributed by atoms with Crippen molar-refractivity contribution in [2.75, 3.05) is 20.2 Å². The summed E-state index contributed by atoms with van der Waals surface area (Å²) in [5, 5.41) is 2.30. The number of ether oxygens (including phenoxy) is 1. The molecule has 1 aliphatic rings. The maximum Gasteiger partial charge on any atom is 0.212 e. The first-order valence-electron chi connectivity index (χ1n) is 5.86. The van der Waals surface area contributed by atoms with Gasteiger partial charge in [-0.25, -0.2) is 9.99 Å². The van der Waals surface area contributed by atoms with Gasteiger partial charge in [0.1, 0.15) is 0 Å². The summed E-state index contributed by atoms with van der Waals surface area (Å²) in [5.74, 6) is 0.668. The second-order valence-corrected chi connectivity index (χ2v) is 4.09. The van der Waals surface area contributed by atoms with Crippen molar-refractivity contribution in [3.05, 3.63) is 23.9 Å². The third-order valence-electron chi connectivity index (χ3n) is 2.87. The number of methoxy groups -OCH3 is 1. The molecule has 0 aliphatic carbocycles. The van der Waals surface area contributed by atoms with E-state index in [-0.39, 0.29) is 0 Å². The van der Waals surface area contributed by atoms with Gasteiger partial charge in [-0.3, -0.25) is 5.43 Å². The highest BCUT2D eigenvalue weighted by molar-refractivity contribution is 5.17. The van der Waals surface area contributed by atoms with E-state index in [1.165, 1.54) is 24.8 Å². The zero-order valence-corrected chi connectivity index (χ0v) is 9.78. The van der Waals surface area contributed by atoms with Crippen LogP contribution >= 0.6 is 0 Å². The number of aromatic nitrogens is 1. The minimum Gasteiger partial charge on any atom is -0.481 e. The molecule has 1 saturated heterocycles. The lowest BCUT2D eigenvalue weighted by atomic mass is 10.2. The molecule has 4 nitrogen and oxygen atoms in total. The normalized spacial score (nSPS) is 17.3. The topological polar surface area (TPSA) is 37.4 Å². The van der Waals surface area contributed by atoms with Gasteiger partial charge >= 0.3 is 0 Å². The first-order valence-corrected chi connectivity index (χ1v) is 5.86. The van der Waals surface area contributed by atoms with E-state index in [4.69, 9.17) is 4.74 Å². The molecule has 0 bridgehead atoms. The number of hydrogen-bond donors (Lipinski definition) is 1. The summed E-state index contributed by atoms with van der Waals surface area (Å²) in [6.07, 6.45) is 5.82. The molecule has 1 N–H and O–H groups in total. The van der Waals surface area contributed by atoms with Crippen LogP contribution < -0.4 is 10.2 Å². The second kappa shape index (κ2) is 5.82. The predicted octanol–water partition coefficient (Wildman–Crippen LogP) is 1.58. The molecule has 4 heteroatoms. The molecule has 1 aliphatic heterocycles. The van der Waals surface area contributed by atoms with Gasteiger partial charge in [-0.15, -0.1) is 0 Å². The van der Waals surface area contributed by atoms with Gasteiger partial charge in [-0.2, -0.15) is 0 Å². The van der Waals surface area contributed by atoms with Gasteiger partial charge in [0.15, 0.2) is 0 Å². The van der Waals surface area contributed by atoms with E-state index in [1.807, 2.05) is 18.3 Å². The van der Waals surface area contributed by atoms with Crippen LogP contribution in [-0.4, -0.2) is 30.2 Å². The third kappa shape index (κ3) is 3.18. The van der Waals surface area contributed by atoms with Gasteiger partial charge in [-0.05, 0) is 18.4 Å². The van der Waals surface area contributed by atoms with E-state index < -0.39 is 0 Å². The van der Waals surface area contributed by atoms with Gasteiger partial charge in [-0.1, -0.05) is 12.5 Å². The molecule has 16 heavy (non-hydrogen) atoms. The number of hydrogen-bond acceptors (Lipinski definition) is 4. The summed E-state index contributed by atoms with van der Waals surface area (Å²) in [5.41, 5.74) is 4.61. The molecule has 1 aromatic heterocycles. The van der Waals surface area contributed by atoms with Gasteiger partial charge in [0.25, 0.3) is 0 Å². The number of nitrogens with zero attached hydrogens (tertiary/aromatic N) is 2. The Balaban J connectivity index is 1.79. The van der Waals surface area contributed by atoms with E-state index in [1.54, 1.807) is 7.11 Å². The Bertz CT molecular complexity index is 307. The standard InChI is InChI=1S/C12H19N3O/c1-16-12-6-5-11(9-13-12)10-14-15-7-3-2-4-8-15/h5-6,9,14H,2-4,7-8,10H2,1H3. The zero-order chi connectivity index (χ0) is 11.2. The molecule has 0 amide bonds. The minimum atomic E-state index is 0.668. The lowest BCUT2D eigenvalue weighted by Gasteiger charge is -2.27. The largest absolute Gasteiger partial charge is 0.481 e. The average Bonchev–Trinajstić information content (AvgIpc) is 2.38. The Morgan fingerprint density at radius 3 is 2.75 bits per heavy atom. The summed E-state index contributed by atoms with van der Waals surface area (Å²) in [4.78, 5) is 4.18. The number of rotatable bonds is 4. The van der Waals surface area contributed by atoms with Crippen LogP contribution in [0.15, 0.2) is 18.3 Å². The number of hydrazine groups is 1. The number of piperidine rings is 1. The average molecular weight is 221 g/mol. The van der Waals surface area contributed by atoms with Gasteiger partial charge < -0.3 is 4.74 Å². The number of nitrogens with one attached hydrogen (secondary N) is 1. The monoisotopic (exact) mass is 221 g/mol. The Labute approximate surface area is 96.6 Å². The van der Waals surface area contributed by atoms with Crippen molar-refractivity contribution < 1.29 is 4.74 Å². The number of pyridine rings is 1. The van der Waals surface area contributed by atoms with Gasteiger partial charge in [0, 0.05) is 31.9 Å². The molecule has 0 atom stereocenters. The maximum atomic E-state index is 5.02. The zero-order valence-electron chi connectivity index (χ0n) is 9.78. The van der Waals surface area contributed by atoms with Crippen LogP contribution in [0, 0.1) is 0 Å². The molecule has 88 valence electrons. The predicted molar refractivity (Wildman–Crippen MR) is 63.1 cm³/mol. The Morgan fingerprint density at radius 2 is 2.12 bits per heavy atom. The van der Waals surface area contributed by atoms with Crippen LogP contribution in [0.3, 0.4) is 0 Å². The Hall–Kier alpha value is -1.13. The molecule has 0 radical (unpaired) electrons. The first-order chi connectivity index (χ1) is 7.88. The summed E-state index contributed by atoms with van der Waals surface area (Å²) < 4.78 is 5.02. The van der Waals surface area contributed by atoms with E-state index in [9.17, 15) is 0 Å². The molecule has 0 unspecified atom stereocenters. The fourth-order valence-electron chi connectivity index (χ4n) is 1.89. The minimum absolute atomic E-state index is 0.668.